The van der Waals surface area contributed by atoms with Gasteiger partial charge >= 0.3 is 23.9 Å². The van der Waals surface area contributed by atoms with E-state index in [0.717, 1.165) is 4.90 Å². The number of carbonyl (C=O) groups is 4. The monoisotopic (exact) mass is 290 g/mol. The zero-order chi connectivity index (χ0) is 15.5. The molecule has 1 radical (unpaired) electrons. The Morgan fingerprint density at radius 3 is 1.45 bits per heavy atom. The number of carbonyl (C=O) groups excluding carboxylic acids is 4. The number of hydrogen-bond acceptors (Lipinski definition) is 9. The summed E-state index contributed by atoms with van der Waals surface area (Å²) in [6.45, 7) is 0.729. The topological polar surface area (TPSA) is 108 Å². The molecular weight excluding hydrogens is 274 g/mol. The highest BCUT2D eigenvalue weighted by molar-refractivity contribution is 5.75. The number of nitrogens with zero attached hydrogens (tertiary/aromatic N) is 1. The van der Waals surface area contributed by atoms with Crippen LogP contribution in [0.25, 0.3) is 0 Å². The van der Waals surface area contributed by atoms with Crippen molar-refractivity contribution in [3.8, 4) is 0 Å². The summed E-state index contributed by atoms with van der Waals surface area (Å²) in [6, 6.07) is 0. The molecule has 0 aliphatic heterocycles. The van der Waals surface area contributed by atoms with Gasteiger partial charge in [0.05, 0.1) is 13.1 Å². The lowest BCUT2D eigenvalue weighted by molar-refractivity contribution is -0.166. The molecular formula is C11H16NO8. The fourth-order valence-corrected chi connectivity index (χ4v) is 0.869. The van der Waals surface area contributed by atoms with Gasteiger partial charge in [-0.05, 0) is 0 Å². The third kappa shape index (κ3) is 11.0. The highest BCUT2D eigenvalue weighted by Gasteiger charge is 2.13. The Labute approximate surface area is 115 Å². The van der Waals surface area contributed by atoms with Crippen molar-refractivity contribution in [2.75, 3.05) is 26.7 Å². The number of rotatable bonds is 8. The van der Waals surface area contributed by atoms with E-state index in [2.05, 4.69) is 26.0 Å². The molecule has 0 aliphatic rings. The van der Waals surface area contributed by atoms with E-state index < -0.39 is 37.5 Å². The van der Waals surface area contributed by atoms with Crippen LogP contribution in [0.2, 0.25) is 0 Å². The van der Waals surface area contributed by atoms with Gasteiger partial charge in [0.25, 0.3) is 0 Å². The number of hydrogen-bond donors (Lipinski definition) is 0. The Balaban J connectivity index is 3.77. The molecule has 0 aliphatic carbocycles. The molecule has 0 amide bonds. The van der Waals surface area contributed by atoms with Crippen molar-refractivity contribution in [3.05, 3.63) is 7.05 Å². The van der Waals surface area contributed by atoms with Crippen molar-refractivity contribution in [3.63, 3.8) is 0 Å². The van der Waals surface area contributed by atoms with Gasteiger partial charge in [-0.3, -0.25) is 24.1 Å². The van der Waals surface area contributed by atoms with Crippen LogP contribution in [0, 0.1) is 7.05 Å². The van der Waals surface area contributed by atoms with Gasteiger partial charge in [-0.25, -0.2) is 0 Å². The molecule has 9 nitrogen and oxygen atoms in total. The van der Waals surface area contributed by atoms with Crippen LogP contribution in [0.4, 0.5) is 0 Å². The first kappa shape index (κ1) is 17.8. The van der Waals surface area contributed by atoms with E-state index in [1.54, 1.807) is 0 Å². The van der Waals surface area contributed by atoms with Crippen LogP contribution < -0.4 is 0 Å². The van der Waals surface area contributed by atoms with E-state index in [1.165, 1.54) is 13.8 Å². The lowest BCUT2D eigenvalue weighted by atomic mass is 10.5. The average molecular weight is 290 g/mol. The summed E-state index contributed by atoms with van der Waals surface area (Å²) in [5, 5.41) is 0. The maximum Gasteiger partial charge on any atom is 0.323 e. The van der Waals surface area contributed by atoms with Gasteiger partial charge < -0.3 is 18.9 Å². The summed E-state index contributed by atoms with van der Waals surface area (Å²) in [6.07, 6.45) is 0. The molecule has 0 heterocycles. The second-order valence-corrected chi connectivity index (χ2v) is 3.53. The molecule has 0 atom stereocenters. The predicted molar refractivity (Wildman–Crippen MR) is 62.4 cm³/mol. The largest absolute Gasteiger partial charge is 0.428 e. The molecule has 113 valence electrons. The third-order valence-electron chi connectivity index (χ3n) is 1.67. The average Bonchev–Trinajstić information content (AvgIpc) is 2.26. The minimum absolute atomic E-state index is 0.302. The van der Waals surface area contributed by atoms with Crippen LogP contribution in [0.3, 0.4) is 0 Å². The fourth-order valence-electron chi connectivity index (χ4n) is 0.869. The maximum absolute atomic E-state index is 11.2. The molecule has 0 aromatic carbocycles. The van der Waals surface area contributed by atoms with Crippen molar-refractivity contribution in [1.29, 1.82) is 0 Å². The second kappa shape index (κ2) is 9.73. The third-order valence-corrected chi connectivity index (χ3v) is 1.67. The van der Waals surface area contributed by atoms with Crippen LogP contribution in [-0.2, 0) is 38.1 Å². The van der Waals surface area contributed by atoms with Crippen LogP contribution in [0.15, 0.2) is 0 Å². The van der Waals surface area contributed by atoms with E-state index in [4.69, 9.17) is 0 Å². The van der Waals surface area contributed by atoms with Crippen molar-refractivity contribution >= 4 is 23.9 Å². The molecule has 0 N–H and O–H groups in total. The van der Waals surface area contributed by atoms with Crippen molar-refractivity contribution < 1.29 is 38.1 Å². The normalized spacial score (nSPS) is 9.80. The molecule has 0 unspecified atom stereocenters. The summed E-state index contributed by atoms with van der Waals surface area (Å²) in [5.74, 6) is -2.63. The molecule has 0 aromatic rings. The molecule has 9 heteroatoms. The first-order valence-corrected chi connectivity index (χ1v) is 5.44. The lowest BCUT2D eigenvalue weighted by Gasteiger charge is -2.14. The Morgan fingerprint density at radius 2 is 1.15 bits per heavy atom. The summed E-state index contributed by atoms with van der Waals surface area (Å²) in [5.41, 5.74) is 0. The first-order valence-electron chi connectivity index (χ1n) is 5.44. The standard InChI is InChI=1S/C11H16NO8/c1-8(13)17-6-19-10(15)4-12(3)5-11(16)20-7-18-9(2)14/h3-7H2,1-2H3. The van der Waals surface area contributed by atoms with E-state index in [0.29, 0.717) is 0 Å². The van der Waals surface area contributed by atoms with Gasteiger partial charge in [0, 0.05) is 20.9 Å². The minimum Gasteiger partial charge on any atom is -0.428 e. The molecule has 0 spiro atoms. The van der Waals surface area contributed by atoms with Crippen molar-refractivity contribution in [2.24, 2.45) is 0 Å². The minimum atomic E-state index is -0.728. The van der Waals surface area contributed by atoms with Gasteiger partial charge in [-0.1, -0.05) is 0 Å². The highest BCUT2D eigenvalue weighted by atomic mass is 16.7. The molecule has 0 bridgehead atoms. The van der Waals surface area contributed by atoms with Gasteiger partial charge in [0.15, 0.2) is 0 Å². The Kier molecular flexibility index (Phi) is 8.68. The van der Waals surface area contributed by atoms with Crippen molar-refractivity contribution in [1.82, 2.24) is 4.90 Å². The number of esters is 4. The van der Waals surface area contributed by atoms with Crippen LogP contribution in [-0.4, -0.2) is 55.5 Å². The molecule has 0 fully saturated rings. The van der Waals surface area contributed by atoms with E-state index in [1.807, 2.05) is 0 Å². The summed E-state index contributed by atoms with van der Waals surface area (Å²) in [4.78, 5) is 44.3. The molecule has 0 rings (SSSR count). The van der Waals surface area contributed by atoms with Crippen LogP contribution in [0.5, 0.6) is 0 Å². The smallest absolute Gasteiger partial charge is 0.323 e. The van der Waals surface area contributed by atoms with Crippen molar-refractivity contribution in [2.45, 2.75) is 13.8 Å². The first-order chi connectivity index (χ1) is 9.31. The molecule has 0 saturated carbocycles. The number of ether oxygens (including phenoxy) is 4. The SMILES string of the molecule is [CH2]N(CC(=O)OCOC(C)=O)CC(=O)OCOC(C)=O. The van der Waals surface area contributed by atoms with Gasteiger partial charge in [0.2, 0.25) is 13.6 Å². The van der Waals surface area contributed by atoms with E-state index in [9.17, 15) is 19.2 Å². The lowest BCUT2D eigenvalue weighted by Crippen LogP contribution is -2.32. The van der Waals surface area contributed by atoms with Crippen LogP contribution in [0.1, 0.15) is 13.8 Å². The Morgan fingerprint density at radius 1 is 0.800 bits per heavy atom. The predicted octanol–water partition coefficient (Wildman–Crippen LogP) is -0.792. The van der Waals surface area contributed by atoms with Gasteiger partial charge in [-0.15, -0.1) is 0 Å². The summed E-state index contributed by atoms with van der Waals surface area (Å²) < 4.78 is 17.8. The van der Waals surface area contributed by atoms with Crippen LogP contribution >= 0.6 is 0 Å². The summed E-state index contributed by atoms with van der Waals surface area (Å²) in [7, 11) is 3.42. The molecule has 0 aromatic heterocycles. The fraction of sp³-hybridized carbons (Fsp3) is 0.545. The van der Waals surface area contributed by atoms with E-state index in [-0.39, 0.29) is 13.1 Å². The second-order valence-electron chi connectivity index (χ2n) is 3.53. The molecule has 20 heavy (non-hydrogen) atoms. The molecule has 0 saturated heterocycles. The zero-order valence-electron chi connectivity index (χ0n) is 11.2. The van der Waals surface area contributed by atoms with Gasteiger partial charge in [-0.2, -0.15) is 0 Å². The quantitative estimate of drug-likeness (QED) is 0.419. The Hall–Kier alpha value is -2.16. The van der Waals surface area contributed by atoms with E-state index >= 15 is 0 Å². The maximum atomic E-state index is 11.2. The summed E-state index contributed by atoms with van der Waals surface area (Å²) >= 11 is 0. The zero-order valence-corrected chi connectivity index (χ0v) is 11.2. The highest BCUT2D eigenvalue weighted by Crippen LogP contribution is 1.91. The van der Waals surface area contributed by atoms with Gasteiger partial charge in [0.1, 0.15) is 0 Å². The Bertz CT molecular complexity index is 333.